The highest BCUT2D eigenvalue weighted by Crippen LogP contribution is 2.32. The lowest BCUT2D eigenvalue weighted by atomic mass is 10.2. The van der Waals surface area contributed by atoms with Gasteiger partial charge in [-0.15, -0.1) is 0 Å². The monoisotopic (exact) mass is 363 g/mol. The highest BCUT2D eigenvalue weighted by atomic mass is 32.2. The Morgan fingerprint density at radius 1 is 1.16 bits per heavy atom. The Morgan fingerprint density at radius 2 is 1.84 bits per heavy atom. The predicted octanol–water partition coefficient (Wildman–Crippen LogP) is 2.87. The maximum atomic E-state index is 12.9. The van der Waals surface area contributed by atoms with Gasteiger partial charge in [-0.3, -0.25) is 9.00 Å². The summed E-state index contributed by atoms with van der Waals surface area (Å²) in [6.45, 7) is 2.56. The topological polar surface area (TPSA) is 64.6 Å². The minimum absolute atomic E-state index is 0.190. The van der Waals surface area contributed by atoms with E-state index >= 15 is 0 Å². The molecule has 0 saturated heterocycles. The highest BCUT2D eigenvalue weighted by Gasteiger charge is 2.21. The van der Waals surface area contributed by atoms with E-state index in [1.807, 2.05) is 0 Å². The van der Waals surface area contributed by atoms with Crippen LogP contribution in [0.25, 0.3) is 0 Å². The molecule has 0 fully saturated rings. The zero-order valence-electron chi connectivity index (χ0n) is 13.7. The van der Waals surface area contributed by atoms with Gasteiger partial charge >= 0.3 is 0 Å². The maximum absolute atomic E-state index is 12.9. The second-order valence-corrected chi connectivity index (χ2v) is 7.40. The van der Waals surface area contributed by atoms with Gasteiger partial charge in [-0.25, -0.2) is 4.39 Å². The summed E-state index contributed by atoms with van der Waals surface area (Å²) in [7, 11) is -1.42. The second kappa shape index (κ2) is 7.65. The van der Waals surface area contributed by atoms with Crippen LogP contribution in [0.5, 0.6) is 11.5 Å². The first-order valence-electron chi connectivity index (χ1n) is 7.85. The highest BCUT2D eigenvalue weighted by molar-refractivity contribution is 7.85. The Morgan fingerprint density at radius 3 is 2.56 bits per heavy atom. The van der Waals surface area contributed by atoms with Crippen LogP contribution in [-0.2, 0) is 21.3 Å². The molecule has 0 radical (unpaired) electrons. The zero-order chi connectivity index (χ0) is 17.8. The number of rotatable bonds is 5. The molecule has 1 aliphatic rings. The fourth-order valence-electron chi connectivity index (χ4n) is 2.35. The van der Waals surface area contributed by atoms with Gasteiger partial charge in [0.1, 0.15) is 24.3 Å². The molecular formula is C18H18FNO4S. The van der Waals surface area contributed by atoms with Crippen LogP contribution in [0.4, 0.5) is 10.1 Å². The molecule has 0 bridgehead atoms. The Labute approximate surface area is 147 Å². The molecule has 2 atom stereocenters. The molecule has 5 nitrogen and oxygen atoms in total. The van der Waals surface area contributed by atoms with Gasteiger partial charge in [0, 0.05) is 28.3 Å². The van der Waals surface area contributed by atoms with E-state index in [4.69, 9.17) is 9.47 Å². The molecule has 0 spiro atoms. The number of halogens is 1. The van der Waals surface area contributed by atoms with E-state index in [9.17, 15) is 13.4 Å². The fraction of sp³-hybridized carbons (Fsp3) is 0.278. The molecule has 1 amide bonds. The van der Waals surface area contributed by atoms with Gasteiger partial charge in [0.25, 0.3) is 0 Å². The molecule has 2 aromatic rings. The van der Waals surface area contributed by atoms with Crippen LogP contribution in [0.1, 0.15) is 12.5 Å². The molecule has 3 rings (SSSR count). The second-order valence-electron chi connectivity index (χ2n) is 5.64. The van der Waals surface area contributed by atoms with Crippen molar-refractivity contribution in [1.82, 2.24) is 0 Å². The Balaban J connectivity index is 1.62. The van der Waals surface area contributed by atoms with Crippen molar-refractivity contribution in [1.29, 1.82) is 0 Å². The van der Waals surface area contributed by atoms with E-state index < -0.39 is 16.0 Å². The van der Waals surface area contributed by atoms with Gasteiger partial charge in [0.05, 0.1) is 0 Å². The lowest BCUT2D eigenvalue weighted by Crippen LogP contribution is -2.29. The number of anilines is 1. The fourth-order valence-corrected chi connectivity index (χ4v) is 3.42. The average molecular weight is 363 g/mol. The first-order chi connectivity index (χ1) is 12.0. The molecular weight excluding hydrogens is 345 g/mol. The Hall–Kier alpha value is -2.41. The van der Waals surface area contributed by atoms with Crippen molar-refractivity contribution in [2.24, 2.45) is 0 Å². The Kier molecular flexibility index (Phi) is 5.33. The van der Waals surface area contributed by atoms with E-state index in [1.165, 1.54) is 12.1 Å². The van der Waals surface area contributed by atoms with Crippen LogP contribution in [-0.4, -0.2) is 28.6 Å². The number of carbonyl (C=O) groups is 1. The van der Waals surface area contributed by atoms with E-state index in [2.05, 4.69) is 5.32 Å². The zero-order valence-corrected chi connectivity index (χ0v) is 14.5. The summed E-state index contributed by atoms with van der Waals surface area (Å²) in [6.07, 6.45) is 0. The van der Waals surface area contributed by atoms with Gasteiger partial charge in [-0.2, -0.15) is 0 Å². The van der Waals surface area contributed by atoms with Gasteiger partial charge in [0.15, 0.2) is 11.5 Å². The predicted molar refractivity (Wildman–Crippen MR) is 93.8 cm³/mol. The molecule has 1 aliphatic heterocycles. The molecule has 1 N–H and O–H groups in total. The van der Waals surface area contributed by atoms with Crippen LogP contribution >= 0.6 is 0 Å². The van der Waals surface area contributed by atoms with Crippen molar-refractivity contribution in [3.63, 3.8) is 0 Å². The normalized spacial score (nSPS) is 15.3. The molecule has 1 heterocycles. The minimum Gasteiger partial charge on any atom is -0.486 e. The molecule has 2 aromatic carbocycles. The van der Waals surface area contributed by atoms with Crippen molar-refractivity contribution >= 4 is 22.4 Å². The number of hydrogen-bond donors (Lipinski definition) is 1. The third kappa shape index (κ3) is 4.36. The van der Waals surface area contributed by atoms with Crippen LogP contribution in [0.3, 0.4) is 0 Å². The van der Waals surface area contributed by atoms with E-state index in [0.29, 0.717) is 30.4 Å². The maximum Gasteiger partial charge on any atom is 0.239 e. The summed E-state index contributed by atoms with van der Waals surface area (Å²) >= 11 is 0. The number of carbonyl (C=O) groups excluding carboxylic acids is 1. The molecule has 132 valence electrons. The SMILES string of the molecule is CC(C(=O)Nc1ccc2c(c1)OCCO2)S(=O)Cc1ccc(F)cc1. The summed E-state index contributed by atoms with van der Waals surface area (Å²) in [5, 5.41) is 2.03. The smallest absolute Gasteiger partial charge is 0.239 e. The molecule has 0 saturated carbocycles. The number of nitrogens with one attached hydrogen (secondary N) is 1. The van der Waals surface area contributed by atoms with E-state index in [1.54, 1.807) is 37.3 Å². The molecule has 2 unspecified atom stereocenters. The first-order valence-corrected chi connectivity index (χ1v) is 9.23. The Bertz CT molecular complexity index is 794. The summed E-state index contributed by atoms with van der Waals surface area (Å²) < 4.78 is 36.2. The van der Waals surface area contributed by atoms with Crippen molar-refractivity contribution in [2.75, 3.05) is 18.5 Å². The standard InChI is InChI=1S/C18H18FNO4S/c1-12(25(22)11-13-2-4-14(19)5-3-13)18(21)20-15-6-7-16-17(10-15)24-9-8-23-16/h2-7,10,12H,8-9,11H2,1H3,(H,20,21). The number of amides is 1. The summed E-state index contributed by atoms with van der Waals surface area (Å²) in [4.78, 5) is 12.3. The van der Waals surface area contributed by atoms with E-state index in [0.717, 1.165) is 5.56 Å². The third-order valence-electron chi connectivity index (χ3n) is 3.80. The molecule has 0 aromatic heterocycles. The van der Waals surface area contributed by atoms with Gasteiger partial charge < -0.3 is 14.8 Å². The average Bonchev–Trinajstić information content (AvgIpc) is 2.62. The summed E-state index contributed by atoms with van der Waals surface area (Å²) in [5.41, 5.74) is 1.28. The largest absolute Gasteiger partial charge is 0.486 e. The van der Waals surface area contributed by atoms with Crippen molar-refractivity contribution < 1.29 is 22.9 Å². The molecule has 7 heteroatoms. The first kappa shape index (κ1) is 17.4. The van der Waals surface area contributed by atoms with Crippen LogP contribution < -0.4 is 14.8 Å². The third-order valence-corrected chi connectivity index (χ3v) is 5.42. The number of hydrogen-bond acceptors (Lipinski definition) is 4. The molecule has 25 heavy (non-hydrogen) atoms. The van der Waals surface area contributed by atoms with Crippen molar-refractivity contribution in [3.8, 4) is 11.5 Å². The quantitative estimate of drug-likeness (QED) is 0.887. The number of ether oxygens (including phenoxy) is 2. The van der Waals surface area contributed by atoms with Crippen LogP contribution in [0, 0.1) is 5.82 Å². The van der Waals surface area contributed by atoms with Crippen molar-refractivity contribution in [2.45, 2.75) is 17.9 Å². The lowest BCUT2D eigenvalue weighted by molar-refractivity contribution is -0.115. The van der Waals surface area contributed by atoms with Gasteiger partial charge in [-0.05, 0) is 36.8 Å². The number of benzene rings is 2. The number of fused-ring (bicyclic) bond motifs is 1. The minimum atomic E-state index is -1.42. The summed E-state index contributed by atoms with van der Waals surface area (Å²) in [5.74, 6) is 0.702. The summed E-state index contributed by atoms with van der Waals surface area (Å²) in [6, 6.07) is 10.9. The van der Waals surface area contributed by atoms with Crippen LogP contribution in [0.15, 0.2) is 42.5 Å². The molecule has 0 aliphatic carbocycles. The van der Waals surface area contributed by atoms with Gasteiger partial charge in [-0.1, -0.05) is 12.1 Å². The lowest BCUT2D eigenvalue weighted by Gasteiger charge is -2.19. The van der Waals surface area contributed by atoms with Gasteiger partial charge in [0.2, 0.25) is 5.91 Å². The van der Waals surface area contributed by atoms with Crippen molar-refractivity contribution in [3.05, 3.63) is 53.8 Å². The van der Waals surface area contributed by atoms with E-state index in [-0.39, 0.29) is 17.5 Å². The van der Waals surface area contributed by atoms with Crippen LogP contribution in [0.2, 0.25) is 0 Å².